The minimum absolute atomic E-state index is 0.0760. The Bertz CT molecular complexity index is 1230. The average molecular weight is 546 g/mol. The number of thioether (sulfide) groups is 1. The van der Waals surface area contributed by atoms with Crippen LogP contribution in [0.25, 0.3) is 5.69 Å². The number of amides is 2. The van der Waals surface area contributed by atoms with E-state index in [2.05, 4.69) is 37.5 Å². The molecule has 2 amide bonds. The maximum Gasteiger partial charge on any atom is 0.240 e. The molecule has 0 saturated carbocycles. The third kappa shape index (κ3) is 5.80. The van der Waals surface area contributed by atoms with Gasteiger partial charge in [0.2, 0.25) is 11.8 Å². The van der Waals surface area contributed by atoms with E-state index in [9.17, 15) is 9.59 Å². The highest BCUT2D eigenvalue weighted by Crippen LogP contribution is 2.49. The van der Waals surface area contributed by atoms with Crippen molar-refractivity contribution in [3.8, 4) is 5.69 Å². The highest BCUT2D eigenvalue weighted by Gasteiger charge is 2.40. The molecular weight excluding hydrogens is 514 g/mol. The minimum atomic E-state index is -0.295. The van der Waals surface area contributed by atoms with Crippen molar-refractivity contribution in [2.24, 2.45) is 0 Å². The van der Waals surface area contributed by atoms with Crippen LogP contribution >= 0.6 is 34.7 Å². The van der Waals surface area contributed by atoms with Gasteiger partial charge < -0.3 is 10.2 Å². The quantitative estimate of drug-likeness (QED) is 0.465. The van der Waals surface area contributed by atoms with Gasteiger partial charge in [0.15, 0.2) is 0 Å². The lowest BCUT2D eigenvalue weighted by Crippen LogP contribution is -2.43. The Kier molecular flexibility index (Phi) is 8.14. The van der Waals surface area contributed by atoms with Crippen LogP contribution in [0.4, 0.5) is 5.82 Å². The Morgan fingerprint density at radius 3 is 2.67 bits per heavy atom. The second-order valence-electron chi connectivity index (χ2n) is 10.1. The normalized spacial score (nSPS) is 16.2. The molecule has 3 heterocycles. The fourth-order valence-electron chi connectivity index (χ4n) is 4.14. The predicted octanol–water partition coefficient (Wildman–Crippen LogP) is 4.73. The van der Waals surface area contributed by atoms with Crippen LogP contribution in [0.5, 0.6) is 0 Å². The summed E-state index contributed by atoms with van der Waals surface area (Å²) in [5, 5.41) is 10.6. The van der Waals surface area contributed by atoms with Crippen molar-refractivity contribution >= 4 is 52.3 Å². The first-order chi connectivity index (χ1) is 17.1. The Balaban J connectivity index is 1.89. The maximum atomic E-state index is 13.6. The zero-order valence-electron chi connectivity index (χ0n) is 21.2. The average Bonchev–Trinajstić information content (AvgIpc) is 3.43. The van der Waals surface area contributed by atoms with E-state index >= 15 is 0 Å². The van der Waals surface area contributed by atoms with Crippen LogP contribution in [0.3, 0.4) is 0 Å². The number of carbonyl (C=O) groups excluding carboxylic acids is 2. The van der Waals surface area contributed by atoms with Crippen molar-refractivity contribution in [3.63, 3.8) is 0 Å². The number of benzene rings is 1. The summed E-state index contributed by atoms with van der Waals surface area (Å²) in [4.78, 5) is 31.3. The molecule has 0 unspecified atom stereocenters. The van der Waals surface area contributed by atoms with Gasteiger partial charge in [0.05, 0.1) is 22.4 Å². The van der Waals surface area contributed by atoms with Crippen LogP contribution in [0.15, 0.2) is 41.8 Å². The lowest BCUT2D eigenvalue weighted by Gasteiger charge is -2.24. The second-order valence-corrected chi connectivity index (χ2v) is 12.6. The third-order valence-corrected chi connectivity index (χ3v) is 8.39. The molecule has 1 aromatic carbocycles. The third-order valence-electron chi connectivity index (χ3n) is 5.84. The van der Waals surface area contributed by atoms with Crippen LogP contribution in [-0.2, 0) is 15.0 Å². The van der Waals surface area contributed by atoms with E-state index in [1.165, 1.54) is 0 Å². The summed E-state index contributed by atoms with van der Waals surface area (Å²) in [5.74, 6) is 0.582. The molecule has 192 valence electrons. The van der Waals surface area contributed by atoms with Crippen molar-refractivity contribution in [3.05, 3.63) is 62.9 Å². The van der Waals surface area contributed by atoms with E-state index in [4.69, 9.17) is 16.7 Å². The Morgan fingerprint density at radius 1 is 1.25 bits per heavy atom. The molecule has 0 bridgehead atoms. The number of anilines is 1. The van der Waals surface area contributed by atoms with Crippen molar-refractivity contribution in [1.29, 1.82) is 0 Å². The molecule has 36 heavy (non-hydrogen) atoms. The summed E-state index contributed by atoms with van der Waals surface area (Å²) >= 11 is 9.61. The van der Waals surface area contributed by atoms with E-state index in [1.54, 1.807) is 32.7 Å². The lowest BCUT2D eigenvalue weighted by molar-refractivity contribution is -0.122. The van der Waals surface area contributed by atoms with Crippen LogP contribution in [0, 0.1) is 0 Å². The second kappa shape index (κ2) is 11.0. The zero-order valence-corrected chi connectivity index (χ0v) is 23.6. The van der Waals surface area contributed by atoms with Crippen LogP contribution in [-0.4, -0.2) is 66.0 Å². The lowest BCUT2D eigenvalue weighted by atomic mass is 9.88. The van der Waals surface area contributed by atoms with Crippen molar-refractivity contribution in [1.82, 2.24) is 20.0 Å². The van der Waals surface area contributed by atoms with Gasteiger partial charge in [-0.05, 0) is 43.7 Å². The fourth-order valence-corrected chi connectivity index (χ4v) is 6.50. The van der Waals surface area contributed by atoms with Gasteiger partial charge >= 0.3 is 0 Å². The molecule has 3 aromatic rings. The standard InChI is InChI=1S/C26H32ClN5O2S2/c1-26(2,3)24-22-23(19-10-7-13-35-19)36-16-21(34)31(15-20(33)28-11-12-30(4)5)25(22)32(29-24)18-9-6-8-17(27)14-18/h6-10,13-14,23H,11-12,15-16H2,1-5H3,(H,28,33)/t23-/m1/s1. The molecule has 0 spiro atoms. The van der Waals surface area contributed by atoms with Gasteiger partial charge in [-0.2, -0.15) is 5.10 Å². The first kappa shape index (κ1) is 26.7. The molecular formula is C26H32ClN5O2S2. The van der Waals surface area contributed by atoms with Gasteiger partial charge in [-0.25, -0.2) is 4.68 Å². The topological polar surface area (TPSA) is 70.5 Å². The first-order valence-electron chi connectivity index (χ1n) is 11.8. The summed E-state index contributed by atoms with van der Waals surface area (Å²) in [6.45, 7) is 7.52. The molecule has 0 fully saturated rings. The number of nitrogens with zero attached hydrogens (tertiary/aromatic N) is 4. The van der Waals surface area contributed by atoms with Crippen LogP contribution in [0.1, 0.15) is 42.2 Å². The number of rotatable bonds is 7. The molecule has 10 heteroatoms. The minimum Gasteiger partial charge on any atom is -0.353 e. The molecule has 1 aliphatic rings. The van der Waals surface area contributed by atoms with Gasteiger partial charge in [0.25, 0.3) is 0 Å². The van der Waals surface area contributed by atoms with Gasteiger partial charge in [-0.15, -0.1) is 23.1 Å². The van der Waals surface area contributed by atoms with Gasteiger partial charge in [0, 0.05) is 34.0 Å². The van der Waals surface area contributed by atoms with Crippen molar-refractivity contribution in [2.45, 2.75) is 31.4 Å². The number of hydrogen-bond acceptors (Lipinski definition) is 6. The van der Waals surface area contributed by atoms with Crippen LogP contribution in [0.2, 0.25) is 5.02 Å². The summed E-state index contributed by atoms with van der Waals surface area (Å²) < 4.78 is 1.79. The molecule has 0 saturated heterocycles. The van der Waals surface area contributed by atoms with Crippen LogP contribution < -0.4 is 10.2 Å². The highest BCUT2D eigenvalue weighted by molar-refractivity contribution is 8.00. The molecule has 1 N–H and O–H groups in total. The molecule has 0 radical (unpaired) electrons. The molecule has 4 rings (SSSR count). The predicted molar refractivity (Wildman–Crippen MR) is 150 cm³/mol. The van der Waals surface area contributed by atoms with E-state index in [1.807, 2.05) is 49.3 Å². The smallest absolute Gasteiger partial charge is 0.240 e. The zero-order chi connectivity index (χ0) is 26.0. The Labute approximate surface area is 225 Å². The number of carbonyl (C=O) groups is 2. The van der Waals surface area contributed by atoms with Crippen molar-refractivity contribution in [2.75, 3.05) is 44.4 Å². The van der Waals surface area contributed by atoms with Gasteiger partial charge in [0.1, 0.15) is 12.4 Å². The number of likely N-dealkylation sites (N-methyl/N-ethyl adjacent to an activating group) is 1. The largest absolute Gasteiger partial charge is 0.353 e. The first-order valence-corrected chi connectivity index (χ1v) is 14.1. The number of halogens is 1. The number of nitrogens with one attached hydrogen (secondary N) is 1. The van der Waals surface area contributed by atoms with Crippen molar-refractivity contribution < 1.29 is 9.59 Å². The van der Waals surface area contributed by atoms with Gasteiger partial charge in [-0.3, -0.25) is 14.5 Å². The highest BCUT2D eigenvalue weighted by atomic mass is 35.5. The molecule has 2 aromatic heterocycles. The maximum absolute atomic E-state index is 13.6. The molecule has 7 nitrogen and oxygen atoms in total. The van der Waals surface area contributed by atoms with E-state index in [0.29, 0.717) is 17.4 Å². The molecule has 0 aliphatic carbocycles. The monoisotopic (exact) mass is 545 g/mol. The summed E-state index contributed by atoms with van der Waals surface area (Å²) in [7, 11) is 3.91. The summed E-state index contributed by atoms with van der Waals surface area (Å²) in [6.07, 6.45) is 0. The Morgan fingerprint density at radius 2 is 2.03 bits per heavy atom. The Hall–Kier alpha value is -2.33. The number of hydrogen-bond donors (Lipinski definition) is 1. The van der Waals surface area contributed by atoms with E-state index < -0.39 is 0 Å². The number of fused-ring (bicyclic) bond motifs is 1. The summed E-state index contributed by atoms with van der Waals surface area (Å²) in [6, 6.07) is 11.6. The fraction of sp³-hybridized carbons (Fsp3) is 0.423. The molecule has 1 aliphatic heterocycles. The number of thiophene rings is 1. The summed E-state index contributed by atoms with van der Waals surface area (Å²) in [5.41, 5.74) is 2.33. The van der Waals surface area contributed by atoms with E-state index in [-0.39, 0.29) is 34.8 Å². The van der Waals surface area contributed by atoms with Gasteiger partial charge in [-0.1, -0.05) is 44.5 Å². The SMILES string of the molecule is CN(C)CCNC(=O)CN1C(=O)CS[C@H](c2cccs2)c2c(C(C)(C)C)nn(-c3cccc(Cl)c3)c21. The number of aromatic nitrogens is 2. The van der Waals surface area contributed by atoms with E-state index in [0.717, 1.165) is 28.4 Å². The molecule has 1 atom stereocenters.